The maximum Gasteiger partial charge on any atom is 0.272 e. The minimum atomic E-state index is -0.962. The summed E-state index contributed by atoms with van der Waals surface area (Å²) in [7, 11) is 0. The number of hydrogen-bond acceptors (Lipinski definition) is 5. The van der Waals surface area contributed by atoms with Crippen LogP contribution in [0.3, 0.4) is 0 Å². The second kappa shape index (κ2) is 11.3. The van der Waals surface area contributed by atoms with Gasteiger partial charge in [0.2, 0.25) is 0 Å². The lowest BCUT2D eigenvalue weighted by Gasteiger charge is -2.16. The van der Waals surface area contributed by atoms with Crippen molar-refractivity contribution in [2.45, 2.75) is 19.1 Å². The van der Waals surface area contributed by atoms with E-state index < -0.39 is 12.0 Å². The molecule has 2 amide bonds. The summed E-state index contributed by atoms with van der Waals surface area (Å²) in [6, 6.07) is 15.9. The molecule has 0 aliphatic carbocycles. The third-order valence-corrected chi connectivity index (χ3v) is 3.92. The largest absolute Gasteiger partial charge is 0.352 e. The fraction of sp³-hybridized carbons (Fsp3) is 0.263. The number of amides is 2. The monoisotopic (exact) mass is 392 g/mol. The summed E-state index contributed by atoms with van der Waals surface area (Å²) in [6.07, 6.45) is -0.795. The molecule has 2 aromatic rings. The maximum absolute atomic E-state index is 12.0. The van der Waals surface area contributed by atoms with E-state index in [1.807, 2.05) is 30.3 Å². The van der Waals surface area contributed by atoms with Crippen molar-refractivity contribution >= 4 is 23.4 Å². The summed E-state index contributed by atoms with van der Waals surface area (Å²) in [5.74, 6) is -1.01. The van der Waals surface area contributed by atoms with Crippen LogP contribution in [0.1, 0.15) is 22.3 Å². The molecule has 0 saturated carbocycles. The molecule has 0 spiro atoms. The summed E-state index contributed by atoms with van der Waals surface area (Å²) in [5, 5.41) is 12.0. The lowest BCUT2D eigenvalue weighted by molar-refractivity contribution is -0.154. The zero-order valence-electron chi connectivity index (χ0n) is 14.6. The number of ether oxygens (including phenoxy) is 2. The second-order valence-electron chi connectivity index (χ2n) is 5.63. The Labute approximate surface area is 162 Å². The van der Waals surface area contributed by atoms with Crippen LogP contribution in [0.2, 0.25) is 5.02 Å². The molecule has 2 rings (SSSR count). The summed E-state index contributed by atoms with van der Waals surface area (Å²) in [5.41, 5.74) is 2.98. The van der Waals surface area contributed by atoms with Gasteiger partial charge in [-0.2, -0.15) is 0 Å². The molecular formula is C19H21ClN2O5. The van der Waals surface area contributed by atoms with E-state index in [2.05, 4.69) is 5.32 Å². The van der Waals surface area contributed by atoms with Gasteiger partial charge in [0.1, 0.15) is 12.9 Å². The Hall–Kier alpha value is -2.45. The maximum atomic E-state index is 12.0. The fourth-order valence-electron chi connectivity index (χ4n) is 2.25. The molecule has 7 nitrogen and oxygen atoms in total. The molecule has 2 aromatic carbocycles. The molecule has 0 bridgehead atoms. The van der Waals surface area contributed by atoms with E-state index >= 15 is 0 Å². The standard InChI is InChI=1S/C19H21ClN2O5/c20-16-8-6-15(7-9-16)18(23)21-11-10-17(19(24)22-25)27-13-26-12-14-4-2-1-3-5-14/h1-9,17,25H,10-13H2,(H,21,23)(H,22,24). The molecule has 0 fully saturated rings. The van der Waals surface area contributed by atoms with Gasteiger partial charge in [0, 0.05) is 23.6 Å². The zero-order chi connectivity index (χ0) is 19.5. The van der Waals surface area contributed by atoms with Crippen LogP contribution >= 0.6 is 11.6 Å². The zero-order valence-corrected chi connectivity index (χ0v) is 15.3. The first-order valence-electron chi connectivity index (χ1n) is 8.31. The highest BCUT2D eigenvalue weighted by molar-refractivity contribution is 6.30. The summed E-state index contributed by atoms with van der Waals surface area (Å²) >= 11 is 5.78. The van der Waals surface area contributed by atoms with Crippen molar-refractivity contribution < 1.29 is 24.3 Å². The predicted molar refractivity (Wildman–Crippen MR) is 99.3 cm³/mol. The molecule has 0 aliphatic heterocycles. The molecule has 1 unspecified atom stereocenters. The van der Waals surface area contributed by atoms with Gasteiger partial charge >= 0.3 is 0 Å². The second-order valence-corrected chi connectivity index (χ2v) is 6.07. The van der Waals surface area contributed by atoms with Crippen molar-refractivity contribution in [1.82, 2.24) is 10.8 Å². The van der Waals surface area contributed by atoms with E-state index in [0.29, 0.717) is 17.2 Å². The molecule has 0 radical (unpaired) electrons. The summed E-state index contributed by atoms with van der Waals surface area (Å²) in [6.45, 7) is 0.387. The highest BCUT2D eigenvalue weighted by atomic mass is 35.5. The van der Waals surface area contributed by atoms with Crippen molar-refractivity contribution in [3.63, 3.8) is 0 Å². The van der Waals surface area contributed by atoms with Gasteiger partial charge in [-0.15, -0.1) is 0 Å². The topological polar surface area (TPSA) is 96.9 Å². The van der Waals surface area contributed by atoms with Crippen LogP contribution in [0.5, 0.6) is 0 Å². The van der Waals surface area contributed by atoms with Crippen LogP contribution in [0, 0.1) is 0 Å². The van der Waals surface area contributed by atoms with Gasteiger partial charge in [-0.25, -0.2) is 5.48 Å². The number of nitrogens with one attached hydrogen (secondary N) is 2. The Bertz CT molecular complexity index is 725. The lowest BCUT2D eigenvalue weighted by atomic mass is 10.2. The third-order valence-electron chi connectivity index (χ3n) is 3.67. The fourth-order valence-corrected chi connectivity index (χ4v) is 2.37. The van der Waals surface area contributed by atoms with E-state index in [9.17, 15) is 9.59 Å². The Morgan fingerprint density at radius 3 is 2.44 bits per heavy atom. The molecule has 27 heavy (non-hydrogen) atoms. The van der Waals surface area contributed by atoms with Gasteiger partial charge in [-0.3, -0.25) is 14.8 Å². The molecule has 1 atom stereocenters. The SMILES string of the molecule is O=C(NCCC(OCOCc1ccccc1)C(=O)NO)c1ccc(Cl)cc1. The molecule has 144 valence electrons. The number of rotatable bonds is 10. The van der Waals surface area contributed by atoms with E-state index in [-0.39, 0.29) is 25.7 Å². The molecule has 0 heterocycles. The average Bonchev–Trinajstić information content (AvgIpc) is 2.70. The van der Waals surface area contributed by atoms with E-state index in [4.69, 9.17) is 26.3 Å². The quantitative estimate of drug-likeness (QED) is 0.250. The van der Waals surface area contributed by atoms with Gasteiger partial charge in [0.15, 0.2) is 0 Å². The molecule has 0 saturated heterocycles. The lowest BCUT2D eigenvalue weighted by Crippen LogP contribution is -2.38. The Balaban J connectivity index is 1.74. The van der Waals surface area contributed by atoms with Crippen molar-refractivity contribution in [3.8, 4) is 0 Å². The predicted octanol–water partition coefficient (Wildman–Crippen LogP) is 2.52. The molecule has 3 N–H and O–H groups in total. The van der Waals surface area contributed by atoms with Crippen LogP contribution in [-0.4, -0.2) is 36.5 Å². The third kappa shape index (κ3) is 7.36. The first kappa shape index (κ1) is 20.9. The molecular weight excluding hydrogens is 372 g/mol. The first-order chi connectivity index (χ1) is 13.1. The number of hydrogen-bond donors (Lipinski definition) is 3. The van der Waals surface area contributed by atoms with Crippen LogP contribution in [0.15, 0.2) is 54.6 Å². The van der Waals surface area contributed by atoms with Crippen LogP contribution < -0.4 is 10.8 Å². The van der Waals surface area contributed by atoms with E-state index in [1.54, 1.807) is 29.7 Å². The number of carbonyl (C=O) groups is 2. The highest BCUT2D eigenvalue weighted by Crippen LogP contribution is 2.09. The van der Waals surface area contributed by atoms with Gasteiger partial charge in [0.25, 0.3) is 11.8 Å². The summed E-state index contributed by atoms with van der Waals surface area (Å²) in [4.78, 5) is 23.7. The van der Waals surface area contributed by atoms with E-state index in [1.165, 1.54) is 0 Å². The van der Waals surface area contributed by atoms with Gasteiger partial charge in [0.05, 0.1) is 6.61 Å². The highest BCUT2D eigenvalue weighted by Gasteiger charge is 2.19. The Kier molecular flexibility index (Phi) is 8.73. The Morgan fingerprint density at radius 2 is 1.78 bits per heavy atom. The van der Waals surface area contributed by atoms with E-state index in [0.717, 1.165) is 5.56 Å². The number of hydroxylamine groups is 1. The molecule has 8 heteroatoms. The minimum absolute atomic E-state index is 0.127. The van der Waals surface area contributed by atoms with Crippen LogP contribution in [0.4, 0.5) is 0 Å². The van der Waals surface area contributed by atoms with Crippen molar-refractivity contribution in [2.24, 2.45) is 0 Å². The Morgan fingerprint density at radius 1 is 1.07 bits per heavy atom. The normalized spacial score (nSPS) is 11.6. The van der Waals surface area contributed by atoms with Crippen LogP contribution in [0.25, 0.3) is 0 Å². The van der Waals surface area contributed by atoms with Crippen molar-refractivity contribution in [1.29, 1.82) is 0 Å². The van der Waals surface area contributed by atoms with Crippen molar-refractivity contribution in [2.75, 3.05) is 13.3 Å². The molecule has 0 aliphatic rings. The average molecular weight is 393 g/mol. The van der Waals surface area contributed by atoms with Gasteiger partial charge < -0.3 is 14.8 Å². The van der Waals surface area contributed by atoms with Gasteiger partial charge in [-0.1, -0.05) is 41.9 Å². The smallest absolute Gasteiger partial charge is 0.272 e. The number of carbonyl (C=O) groups excluding carboxylic acids is 2. The number of benzene rings is 2. The summed E-state index contributed by atoms with van der Waals surface area (Å²) < 4.78 is 10.7. The van der Waals surface area contributed by atoms with Crippen LogP contribution in [-0.2, 0) is 20.9 Å². The minimum Gasteiger partial charge on any atom is -0.352 e. The van der Waals surface area contributed by atoms with Crippen molar-refractivity contribution in [3.05, 3.63) is 70.7 Å². The number of halogens is 1. The van der Waals surface area contributed by atoms with Gasteiger partial charge in [-0.05, 0) is 29.8 Å². The first-order valence-corrected chi connectivity index (χ1v) is 8.69. The molecule has 0 aromatic heterocycles.